The van der Waals surface area contributed by atoms with Crippen LogP contribution in [0, 0.1) is 5.92 Å². The van der Waals surface area contributed by atoms with E-state index in [4.69, 9.17) is 9.16 Å². The first kappa shape index (κ1) is 25.7. The number of carbonyl (C=O) groups excluding carboxylic acids is 3. The largest absolute Gasteiger partial charge is 0.452 e. The lowest BCUT2D eigenvalue weighted by molar-refractivity contribution is -0.159. The molecule has 0 heterocycles. The molecule has 0 bridgehead atoms. The maximum absolute atomic E-state index is 12.6. The molecule has 3 atom stereocenters. The predicted molar refractivity (Wildman–Crippen MR) is 129 cm³/mol. The van der Waals surface area contributed by atoms with E-state index in [1.165, 1.54) is 13.8 Å². The van der Waals surface area contributed by atoms with Gasteiger partial charge in [-0.25, -0.2) is 0 Å². The molecule has 2 rings (SSSR count). The summed E-state index contributed by atoms with van der Waals surface area (Å²) in [5, 5.41) is 1.77. The summed E-state index contributed by atoms with van der Waals surface area (Å²) in [6, 6.07) is 20.1. The van der Waals surface area contributed by atoms with Crippen LogP contribution < -0.4 is 10.4 Å². The molecule has 6 heteroatoms. The minimum atomic E-state index is -3.01. The Morgan fingerprint density at radius 1 is 0.938 bits per heavy atom. The second-order valence-corrected chi connectivity index (χ2v) is 13.6. The molecule has 2 aromatic rings. The molecule has 0 radical (unpaired) electrons. The number of ether oxygens (including phenoxy) is 1. The molecule has 0 spiro atoms. The van der Waals surface area contributed by atoms with Gasteiger partial charge in [-0.15, -0.1) is 0 Å². The van der Waals surface area contributed by atoms with Gasteiger partial charge in [0.25, 0.3) is 8.32 Å². The lowest BCUT2D eigenvalue weighted by Gasteiger charge is -2.46. The highest BCUT2D eigenvalue weighted by molar-refractivity contribution is 6.99. The van der Waals surface area contributed by atoms with Gasteiger partial charge in [-0.2, -0.15) is 0 Å². The van der Waals surface area contributed by atoms with Gasteiger partial charge in [0, 0.05) is 12.8 Å². The maximum Gasteiger partial charge on any atom is 0.303 e. The molecule has 172 valence electrons. The van der Waals surface area contributed by atoms with Gasteiger partial charge in [0.1, 0.15) is 6.29 Å². The first-order valence-electron chi connectivity index (χ1n) is 10.9. The van der Waals surface area contributed by atoms with E-state index in [0.717, 1.165) is 16.7 Å². The number of Topliss-reactive ketones (excluding diaryl/α,β-unsaturated/α-hetero) is 1. The number of esters is 1. The van der Waals surface area contributed by atoms with Crippen molar-refractivity contribution >= 4 is 36.7 Å². The van der Waals surface area contributed by atoms with Crippen molar-refractivity contribution < 1.29 is 23.5 Å². The molecule has 0 amide bonds. The van der Waals surface area contributed by atoms with Crippen molar-refractivity contribution in [2.24, 2.45) is 5.92 Å². The highest BCUT2D eigenvalue weighted by Gasteiger charge is 2.53. The molecule has 0 fully saturated rings. The molecule has 0 unspecified atom stereocenters. The quantitative estimate of drug-likeness (QED) is 0.311. The molecule has 0 aromatic heterocycles. The Morgan fingerprint density at radius 2 is 1.41 bits per heavy atom. The van der Waals surface area contributed by atoms with Crippen LogP contribution in [0.1, 0.15) is 48.0 Å². The van der Waals surface area contributed by atoms with E-state index in [1.54, 1.807) is 6.92 Å². The van der Waals surface area contributed by atoms with Crippen LogP contribution in [0.5, 0.6) is 0 Å². The molecule has 0 aliphatic rings. The lowest BCUT2D eigenvalue weighted by Crippen LogP contribution is -2.69. The molecule has 5 nitrogen and oxygen atoms in total. The van der Waals surface area contributed by atoms with Crippen LogP contribution in [-0.4, -0.2) is 38.6 Å². The van der Waals surface area contributed by atoms with E-state index in [-0.39, 0.29) is 23.2 Å². The van der Waals surface area contributed by atoms with Crippen LogP contribution in [0.25, 0.3) is 0 Å². The molecule has 0 aliphatic heterocycles. The summed E-state index contributed by atoms with van der Waals surface area (Å²) in [7, 11) is -3.01. The standard InChI is InChI=1S/C26H34O5Si/c1-19(18-27)17-24(25(20(2)28)30-21(3)29)31-32(26(4,5)6,22-13-9-7-10-14-22)23-15-11-8-12-16-23/h7-16,18-19,24-25H,17H2,1-6H3/t19-,24+,25+/m1/s1. The Hall–Kier alpha value is -2.57. The fourth-order valence-electron chi connectivity index (χ4n) is 4.17. The van der Waals surface area contributed by atoms with Gasteiger partial charge in [-0.05, 0) is 28.8 Å². The number of carbonyl (C=O) groups is 3. The summed E-state index contributed by atoms with van der Waals surface area (Å²) >= 11 is 0. The van der Waals surface area contributed by atoms with Gasteiger partial charge in [-0.1, -0.05) is 88.4 Å². The average Bonchev–Trinajstić information content (AvgIpc) is 2.75. The lowest BCUT2D eigenvalue weighted by atomic mass is 9.99. The van der Waals surface area contributed by atoms with Gasteiger partial charge < -0.3 is 14.0 Å². The second-order valence-electron chi connectivity index (χ2n) is 9.31. The Balaban J connectivity index is 2.76. The van der Waals surface area contributed by atoms with Crippen molar-refractivity contribution in [2.45, 2.75) is 65.2 Å². The highest BCUT2D eigenvalue weighted by Crippen LogP contribution is 2.38. The fraction of sp³-hybridized carbons (Fsp3) is 0.423. The number of rotatable bonds is 10. The number of hydrogen-bond donors (Lipinski definition) is 0. The van der Waals surface area contributed by atoms with Crippen molar-refractivity contribution in [3.63, 3.8) is 0 Å². The average molecular weight is 455 g/mol. The molecule has 0 saturated carbocycles. The zero-order chi connectivity index (χ0) is 23.9. The smallest absolute Gasteiger partial charge is 0.303 e. The second kappa shape index (κ2) is 10.8. The highest BCUT2D eigenvalue weighted by atomic mass is 28.4. The number of aldehydes is 1. The van der Waals surface area contributed by atoms with Gasteiger partial charge >= 0.3 is 5.97 Å². The summed E-state index contributed by atoms with van der Waals surface area (Å²) in [5.41, 5.74) is 0. The number of ketones is 1. The van der Waals surface area contributed by atoms with E-state index in [1.807, 2.05) is 36.4 Å². The Morgan fingerprint density at radius 3 is 1.75 bits per heavy atom. The molecule has 0 N–H and O–H groups in total. The Bertz CT molecular complexity index is 865. The third-order valence-corrected chi connectivity index (χ3v) is 10.7. The summed E-state index contributed by atoms with van der Waals surface area (Å²) in [6.45, 7) is 10.8. The molecule has 2 aromatic carbocycles. The van der Waals surface area contributed by atoms with Crippen LogP contribution in [0.3, 0.4) is 0 Å². The monoisotopic (exact) mass is 454 g/mol. The van der Waals surface area contributed by atoms with Gasteiger partial charge in [0.05, 0.1) is 6.10 Å². The molecule has 32 heavy (non-hydrogen) atoms. The van der Waals surface area contributed by atoms with Crippen LogP contribution >= 0.6 is 0 Å². The van der Waals surface area contributed by atoms with Crippen LogP contribution in [-0.2, 0) is 23.5 Å². The minimum absolute atomic E-state index is 0.269. The topological polar surface area (TPSA) is 69.7 Å². The Kier molecular flexibility index (Phi) is 8.70. The van der Waals surface area contributed by atoms with Crippen molar-refractivity contribution in [1.82, 2.24) is 0 Å². The normalized spacial score (nSPS) is 14.8. The Labute approximate surface area is 192 Å². The van der Waals surface area contributed by atoms with Crippen molar-refractivity contribution in [3.8, 4) is 0 Å². The van der Waals surface area contributed by atoms with E-state index < -0.39 is 26.5 Å². The fourth-order valence-corrected chi connectivity index (χ4v) is 8.86. The SMILES string of the molecule is CC(=O)O[C@@H](C(C)=O)[C@H](C[C@@H](C)C=O)O[Si](c1ccccc1)(c1ccccc1)C(C)(C)C. The van der Waals surface area contributed by atoms with Gasteiger partial charge in [0.2, 0.25) is 0 Å². The maximum atomic E-state index is 12.6. The van der Waals surface area contributed by atoms with Crippen LogP contribution in [0.15, 0.2) is 60.7 Å². The van der Waals surface area contributed by atoms with Gasteiger partial charge in [-0.3, -0.25) is 9.59 Å². The molecule has 0 saturated heterocycles. The van der Waals surface area contributed by atoms with Crippen LogP contribution in [0.2, 0.25) is 5.04 Å². The van der Waals surface area contributed by atoms with E-state index in [2.05, 4.69) is 45.0 Å². The number of hydrogen-bond acceptors (Lipinski definition) is 5. The summed E-state index contributed by atoms with van der Waals surface area (Å²) < 4.78 is 12.5. The van der Waals surface area contributed by atoms with Crippen molar-refractivity contribution in [2.75, 3.05) is 0 Å². The minimum Gasteiger partial charge on any atom is -0.452 e. The van der Waals surface area contributed by atoms with Crippen LogP contribution in [0.4, 0.5) is 0 Å². The number of benzene rings is 2. The van der Waals surface area contributed by atoms with Gasteiger partial charge in [0.15, 0.2) is 11.9 Å². The third-order valence-electron chi connectivity index (χ3n) is 5.61. The first-order chi connectivity index (χ1) is 15.0. The first-order valence-corrected chi connectivity index (χ1v) is 12.9. The van der Waals surface area contributed by atoms with Crippen molar-refractivity contribution in [1.29, 1.82) is 0 Å². The van der Waals surface area contributed by atoms with E-state index in [0.29, 0.717) is 0 Å². The zero-order valence-corrected chi connectivity index (χ0v) is 20.8. The van der Waals surface area contributed by atoms with E-state index in [9.17, 15) is 14.4 Å². The summed E-state index contributed by atoms with van der Waals surface area (Å²) in [5.74, 6) is -1.23. The zero-order valence-electron chi connectivity index (χ0n) is 19.8. The molecular formula is C26H34O5Si. The summed E-state index contributed by atoms with van der Waals surface area (Å²) in [4.78, 5) is 35.9. The summed E-state index contributed by atoms with van der Waals surface area (Å²) in [6.07, 6.45) is -0.738. The van der Waals surface area contributed by atoms with Crippen molar-refractivity contribution in [3.05, 3.63) is 60.7 Å². The predicted octanol–water partition coefficient (Wildman–Crippen LogP) is 3.68. The van der Waals surface area contributed by atoms with E-state index >= 15 is 0 Å². The molecular weight excluding hydrogens is 420 g/mol. The third kappa shape index (κ3) is 5.81. The molecule has 0 aliphatic carbocycles.